The zero-order valence-corrected chi connectivity index (χ0v) is 11.2. The third-order valence-corrected chi connectivity index (χ3v) is 3.10. The molecule has 102 valence electrons. The van der Waals surface area contributed by atoms with Gasteiger partial charge < -0.3 is 5.11 Å². The number of aromatic carboxylic acids is 1. The second kappa shape index (κ2) is 5.51. The number of carboxylic acids is 1. The maximum absolute atomic E-state index is 11.2. The average molecular weight is 276 g/mol. The van der Waals surface area contributed by atoms with E-state index in [2.05, 4.69) is 16.9 Å². The number of hydrogen-bond donors (Lipinski definition) is 1. The van der Waals surface area contributed by atoms with Crippen molar-refractivity contribution in [2.75, 3.05) is 0 Å². The minimum absolute atomic E-state index is 0.0621. The molecule has 0 bridgehead atoms. The van der Waals surface area contributed by atoms with Crippen molar-refractivity contribution < 1.29 is 9.90 Å². The molecule has 0 aliphatic heterocycles. The monoisotopic (exact) mass is 276 g/mol. The molecule has 0 fully saturated rings. The first-order chi connectivity index (χ1) is 10.3. The Labute approximate surface area is 121 Å². The van der Waals surface area contributed by atoms with E-state index < -0.39 is 5.97 Å². The van der Waals surface area contributed by atoms with Crippen molar-refractivity contribution >= 4 is 16.9 Å². The van der Waals surface area contributed by atoms with Crippen LogP contribution < -0.4 is 0 Å². The average Bonchev–Trinajstić information content (AvgIpc) is 2.88. The molecular weight excluding hydrogens is 264 g/mol. The normalized spacial score (nSPS) is 10.1. The van der Waals surface area contributed by atoms with Crippen molar-refractivity contribution in [3.8, 4) is 11.8 Å². The first-order valence-electron chi connectivity index (χ1n) is 6.48. The maximum atomic E-state index is 11.2. The van der Waals surface area contributed by atoms with Gasteiger partial charge >= 0.3 is 5.97 Å². The van der Waals surface area contributed by atoms with Crippen molar-refractivity contribution in [3.63, 3.8) is 0 Å². The van der Waals surface area contributed by atoms with E-state index in [0.29, 0.717) is 11.9 Å². The molecule has 0 atom stereocenters. The van der Waals surface area contributed by atoms with E-state index in [4.69, 9.17) is 0 Å². The van der Waals surface area contributed by atoms with Crippen LogP contribution in [0.25, 0.3) is 10.9 Å². The summed E-state index contributed by atoms with van der Waals surface area (Å²) in [6.45, 7) is 0.350. The Balaban J connectivity index is 1.95. The number of fused-ring (bicyclic) bond motifs is 1. The number of benzene rings is 2. The molecule has 1 heterocycles. The van der Waals surface area contributed by atoms with E-state index in [1.54, 1.807) is 16.8 Å². The van der Waals surface area contributed by atoms with Crippen LogP contribution in [0.1, 0.15) is 16.1 Å². The van der Waals surface area contributed by atoms with Gasteiger partial charge in [0.15, 0.2) is 5.69 Å². The summed E-state index contributed by atoms with van der Waals surface area (Å²) in [6.07, 6.45) is 0. The molecular formula is C17H12N2O2. The Morgan fingerprint density at radius 3 is 2.57 bits per heavy atom. The third-order valence-electron chi connectivity index (χ3n) is 3.10. The minimum Gasteiger partial charge on any atom is -0.476 e. The highest BCUT2D eigenvalue weighted by Crippen LogP contribution is 2.18. The number of carboxylic acid groups (broad SMARTS) is 1. The van der Waals surface area contributed by atoms with E-state index in [1.165, 1.54) is 0 Å². The topological polar surface area (TPSA) is 55.1 Å². The van der Waals surface area contributed by atoms with Crippen LogP contribution in [-0.2, 0) is 6.54 Å². The Morgan fingerprint density at radius 1 is 1.10 bits per heavy atom. The molecule has 0 saturated carbocycles. The van der Waals surface area contributed by atoms with Gasteiger partial charge in [0.2, 0.25) is 0 Å². The van der Waals surface area contributed by atoms with Crippen molar-refractivity contribution in [2.24, 2.45) is 0 Å². The number of rotatable bonds is 2. The molecule has 0 amide bonds. The number of nitrogens with zero attached hydrogens (tertiary/aromatic N) is 2. The Morgan fingerprint density at radius 2 is 1.81 bits per heavy atom. The van der Waals surface area contributed by atoms with Gasteiger partial charge in [-0.1, -0.05) is 48.2 Å². The zero-order chi connectivity index (χ0) is 14.7. The standard InChI is InChI=1S/C17H12N2O2/c20-17(21)16-14-10-4-5-11-15(14)19(18-16)12-6-9-13-7-2-1-3-8-13/h1-5,7-8,10-11H,12H2,(H,20,21). The lowest BCUT2D eigenvalue weighted by molar-refractivity contribution is 0.0691. The highest BCUT2D eigenvalue weighted by molar-refractivity contribution is 6.01. The van der Waals surface area contributed by atoms with Gasteiger partial charge in [0, 0.05) is 10.9 Å². The molecule has 3 aromatic rings. The van der Waals surface area contributed by atoms with Crippen molar-refractivity contribution in [1.82, 2.24) is 9.78 Å². The van der Waals surface area contributed by atoms with Crippen LogP contribution in [-0.4, -0.2) is 20.9 Å². The molecule has 4 nitrogen and oxygen atoms in total. The van der Waals surface area contributed by atoms with Crippen LogP contribution in [0, 0.1) is 11.8 Å². The Kier molecular flexibility index (Phi) is 3.40. The predicted octanol–water partition coefficient (Wildman–Crippen LogP) is 2.79. The van der Waals surface area contributed by atoms with Gasteiger partial charge in [-0.3, -0.25) is 4.68 Å². The maximum Gasteiger partial charge on any atom is 0.357 e. The molecule has 0 aliphatic rings. The third kappa shape index (κ3) is 2.63. The molecule has 3 rings (SSSR count). The summed E-state index contributed by atoms with van der Waals surface area (Å²) in [7, 11) is 0. The molecule has 0 aliphatic carbocycles. The van der Waals surface area contributed by atoms with E-state index >= 15 is 0 Å². The SMILES string of the molecule is O=C(O)c1nn(CC#Cc2ccccc2)c2ccccc12. The lowest BCUT2D eigenvalue weighted by Gasteiger charge is -1.96. The minimum atomic E-state index is -1.03. The largest absolute Gasteiger partial charge is 0.476 e. The van der Waals surface area contributed by atoms with Gasteiger partial charge in [-0.05, 0) is 18.2 Å². The molecule has 0 spiro atoms. The van der Waals surface area contributed by atoms with Gasteiger partial charge in [0.25, 0.3) is 0 Å². The fourth-order valence-corrected chi connectivity index (χ4v) is 2.14. The highest BCUT2D eigenvalue weighted by atomic mass is 16.4. The summed E-state index contributed by atoms with van der Waals surface area (Å²) >= 11 is 0. The van der Waals surface area contributed by atoms with Crippen LogP contribution in [0.4, 0.5) is 0 Å². The first-order valence-corrected chi connectivity index (χ1v) is 6.48. The lowest BCUT2D eigenvalue weighted by Crippen LogP contribution is -2.02. The van der Waals surface area contributed by atoms with E-state index in [1.807, 2.05) is 42.5 Å². The molecule has 1 N–H and O–H groups in total. The highest BCUT2D eigenvalue weighted by Gasteiger charge is 2.14. The zero-order valence-electron chi connectivity index (χ0n) is 11.2. The molecule has 2 aromatic carbocycles. The predicted molar refractivity (Wildman–Crippen MR) is 80.0 cm³/mol. The van der Waals surface area contributed by atoms with E-state index in [9.17, 15) is 9.90 Å². The van der Waals surface area contributed by atoms with Gasteiger partial charge in [-0.2, -0.15) is 5.10 Å². The summed E-state index contributed by atoms with van der Waals surface area (Å²) in [5.41, 5.74) is 1.76. The summed E-state index contributed by atoms with van der Waals surface area (Å²) < 4.78 is 1.62. The first kappa shape index (κ1) is 12.9. The van der Waals surface area contributed by atoms with E-state index in [-0.39, 0.29) is 5.69 Å². The molecule has 1 aromatic heterocycles. The second-order valence-electron chi connectivity index (χ2n) is 4.50. The van der Waals surface area contributed by atoms with Gasteiger partial charge in [-0.25, -0.2) is 4.79 Å². The molecule has 0 saturated heterocycles. The van der Waals surface area contributed by atoms with E-state index in [0.717, 1.165) is 11.1 Å². The lowest BCUT2D eigenvalue weighted by atomic mass is 10.2. The summed E-state index contributed by atoms with van der Waals surface area (Å²) in [5, 5.41) is 14.0. The number of hydrogen-bond acceptors (Lipinski definition) is 2. The number of carbonyl (C=O) groups is 1. The second-order valence-corrected chi connectivity index (χ2v) is 4.50. The van der Waals surface area contributed by atoms with Gasteiger partial charge in [-0.15, -0.1) is 0 Å². The van der Waals surface area contributed by atoms with Crippen molar-refractivity contribution in [2.45, 2.75) is 6.54 Å². The van der Waals surface area contributed by atoms with Crippen LogP contribution >= 0.6 is 0 Å². The molecule has 4 heteroatoms. The molecule has 21 heavy (non-hydrogen) atoms. The van der Waals surface area contributed by atoms with Gasteiger partial charge in [0.05, 0.1) is 5.52 Å². The smallest absolute Gasteiger partial charge is 0.357 e. The summed E-state index contributed by atoms with van der Waals surface area (Å²) in [6, 6.07) is 16.9. The van der Waals surface area contributed by atoms with Crippen LogP contribution in [0.2, 0.25) is 0 Å². The van der Waals surface area contributed by atoms with Crippen LogP contribution in [0.5, 0.6) is 0 Å². The molecule has 0 unspecified atom stereocenters. The number of aromatic nitrogens is 2. The quantitative estimate of drug-likeness (QED) is 0.732. The molecule has 0 radical (unpaired) electrons. The fourth-order valence-electron chi connectivity index (χ4n) is 2.14. The fraction of sp³-hybridized carbons (Fsp3) is 0.0588. The van der Waals surface area contributed by atoms with Gasteiger partial charge in [0.1, 0.15) is 6.54 Å². The summed E-state index contributed by atoms with van der Waals surface area (Å²) in [5.74, 6) is 5.03. The number of para-hydroxylation sites is 1. The Hall–Kier alpha value is -3.06. The summed E-state index contributed by atoms with van der Waals surface area (Å²) in [4.78, 5) is 11.2. The van der Waals surface area contributed by atoms with Crippen LogP contribution in [0.15, 0.2) is 54.6 Å². The van der Waals surface area contributed by atoms with Crippen molar-refractivity contribution in [1.29, 1.82) is 0 Å². The van der Waals surface area contributed by atoms with Crippen LogP contribution in [0.3, 0.4) is 0 Å². The Bertz CT molecular complexity index is 855. The van der Waals surface area contributed by atoms with Crippen molar-refractivity contribution in [3.05, 3.63) is 65.9 Å².